The van der Waals surface area contributed by atoms with E-state index in [1.54, 1.807) is 23.5 Å². The molecule has 0 aromatic carbocycles. The van der Waals surface area contributed by atoms with E-state index in [4.69, 9.17) is 16.9 Å². The van der Waals surface area contributed by atoms with Gasteiger partial charge in [-0.05, 0) is 37.6 Å². The molecule has 0 amide bonds. The highest BCUT2D eigenvalue weighted by molar-refractivity contribution is 7.12. The van der Waals surface area contributed by atoms with Gasteiger partial charge in [0.05, 0.1) is 18.2 Å². The van der Waals surface area contributed by atoms with Crippen LogP contribution in [-0.4, -0.2) is 4.98 Å². The van der Waals surface area contributed by atoms with E-state index in [0.29, 0.717) is 23.1 Å². The number of rotatable bonds is 3. The summed E-state index contributed by atoms with van der Waals surface area (Å²) in [6, 6.07) is 7.45. The molecule has 0 saturated carbocycles. The van der Waals surface area contributed by atoms with Gasteiger partial charge in [0.15, 0.2) is 0 Å². The zero-order valence-corrected chi connectivity index (χ0v) is 11.7. The molecule has 0 radical (unpaired) electrons. The molecule has 2 rings (SSSR count). The molecule has 0 aliphatic heterocycles. The number of pyridine rings is 1. The van der Waals surface area contributed by atoms with Gasteiger partial charge in [-0.1, -0.05) is 11.6 Å². The van der Waals surface area contributed by atoms with E-state index >= 15 is 0 Å². The Labute approximate surface area is 115 Å². The van der Waals surface area contributed by atoms with E-state index in [0.717, 1.165) is 0 Å². The SMILES string of the molecule is Cc1cc(CNc2cc(C#N)cc(Cl)n2)sc1C. The lowest BCUT2D eigenvalue weighted by atomic mass is 10.3. The summed E-state index contributed by atoms with van der Waals surface area (Å²) in [5.41, 5.74) is 1.81. The number of thiophene rings is 1. The first-order valence-electron chi connectivity index (χ1n) is 5.46. The fourth-order valence-electron chi connectivity index (χ4n) is 1.57. The van der Waals surface area contributed by atoms with Crippen LogP contribution in [0.5, 0.6) is 0 Å². The molecule has 0 bridgehead atoms. The zero-order valence-electron chi connectivity index (χ0n) is 10.1. The standard InChI is InChI=1S/C13H12ClN3S/c1-8-3-11(18-9(8)2)7-16-13-5-10(6-15)4-12(14)17-13/h3-5H,7H2,1-2H3,(H,16,17). The molecule has 5 heteroatoms. The molecule has 0 saturated heterocycles. The minimum Gasteiger partial charge on any atom is -0.365 e. The summed E-state index contributed by atoms with van der Waals surface area (Å²) in [6.45, 7) is 4.90. The van der Waals surface area contributed by atoms with Gasteiger partial charge >= 0.3 is 0 Å². The maximum Gasteiger partial charge on any atom is 0.132 e. The predicted molar refractivity (Wildman–Crippen MR) is 75.1 cm³/mol. The first kappa shape index (κ1) is 12.9. The van der Waals surface area contributed by atoms with Crippen molar-refractivity contribution in [3.8, 4) is 6.07 Å². The Bertz CT molecular complexity index is 594. The number of hydrogen-bond acceptors (Lipinski definition) is 4. The van der Waals surface area contributed by atoms with Crippen LogP contribution in [0.3, 0.4) is 0 Å². The Kier molecular flexibility index (Phi) is 3.85. The van der Waals surface area contributed by atoms with Crippen molar-refractivity contribution in [2.24, 2.45) is 0 Å². The monoisotopic (exact) mass is 277 g/mol. The third-order valence-electron chi connectivity index (χ3n) is 2.58. The van der Waals surface area contributed by atoms with E-state index in [1.807, 2.05) is 0 Å². The quantitative estimate of drug-likeness (QED) is 0.866. The number of nitrogens with zero attached hydrogens (tertiary/aromatic N) is 2. The zero-order chi connectivity index (χ0) is 13.1. The van der Waals surface area contributed by atoms with Crippen molar-refractivity contribution in [2.75, 3.05) is 5.32 Å². The summed E-state index contributed by atoms with van der Waals surface area (Å²) in [6.07, 6.45) is 0. The van der Waals surface area contributed by atoms with Crippen molar-refractivity contribution >= 4 is 28.8 Å². The van der Waals surface area contributed by atoms with Gasteiger partial charge in [-0.15, -0.1) is 11.3 Å². The molecule has 2 aromatic heterocycles. The summed E-state index contributed by atoms with van der Waals surface area (Å²) < 4.78 is 0. The molecule has 2 aromatic rings. The second-order valence-corrected chi connectivity index (χ2v) is 5.71. The third kappa shape index (κ3) is 3.00. The van der Waals surface area contributed by atoms with E-state index in [2.05, 4.69) is 36.3 Å². The molecule has 92 valence electrons. The number of nitriles is 1. The minimum atomic E-state index is 0.329. The van der Waals surface area contributed by atoms with Crippen LogP contribution in [-0.2, 0) is 6.54 Å². The molecule has 3 nitrogen and oxygen atoms in total. The van der Waals surface area contributed by atoms with Gasteiger partial charge in [0.2, 0.25) is 0 Å². The Morgan fingerprint density at radius 1 is 1.39 bits per heavy atom. The second-order valence-electron chi connectivity index (χ2n) is 3.98. The molecule has 0 spiro atoms. The predicted octanol–water partition coefficient (Wildman–Crippen LogP) is 3.90. The van der Waals surface area contributed by atoms with Crippen molar-refractivity contribution < 1.29 is 0 Å². The summed E-state index contributed by atoms with van der Waals surface area (Å²) >= 11 is 7.60. The van der Waals surface area contributed by atoms with Crippen LogP contribution in [0.25, 0.3) is 0 Å². The van der Waals surface area contributed by atoms with Gasteiger partial charge in [-0.2, -0.15) is 5.26 Å². The topological polar surface area (TPSA) is 48.7 Å². The van der Waals surface area contributed by atoms with Crippen LogP contribution in [0.2, 0.25) is 5.15 Å². The van der Waals surface area contributed by atoms with Crippen molar-refractivity contribution in [1.29, 1.82) is 5.26 Å². The van der Waals surface area contributed by atoms with Gasteiger partial charge in [0.25, 0.3) is 0 Å². The van der Waals surface area contributed by atoms with Crippen LogP contribution < -0.4 is 5.32 Å². The number of nitrogens with one attached hydrogen (secondary N) is 1. The van der Waals surface area contributed by atoms with Gasteiger partial charge in [0.1, 0.15) is 11.0 Å². The van der Waals surface area contributed by atoms with Crippen LogP contribution in [0.4, 0.5) is 5.82 Å². The first-order valence-corrected chi connectivity index (χ1v) is 6.65. The highest BCUT2D eigenvalue weighted by atomic mass is 35.5. The van der Waals surface area contributed by atoms with Crippen molar-refractivity contribution in [3.05, 3.63) is 44.2 Å². The summed E-state index contributed by atoms with van der Waals surface area (Å²) in [7, 11) is 0. The molecule has 1 N–H and O–H groups in total. The highest BCUT2D eigenvalue weighted by Gasteiger charge is 2.04. The minimum absolute atomic E-state index is 0.329. The number of anilines is 1. The summed E-state index contributed by atoms with van der Waals surface area (Å²) in [4.78, 5) is 6.70. The van der Waals surface area contributed by atoms with Crippen LogP contribution in [0.1, 0.15) is 20.9 Å². The van der Waals surface area contributed by atoms with Gasteiger partial charge < -0.3 is 5.32 Å². The molecule has 0 atom stereocenters. The fraction of sp³-hybridized carbons (Fsp3) is 0.231. The molecule has 2 heterocycles. The first-order chi connectivity index (χ1) is 8.58. The number of aryl methyl sites for hydroxylation is 2. The lowest BCUT2D eigenvalue weighted by Gasteiger charge is -2.04. The van der Waals surface area contributed by atoms with Crippen LogP contribution in [0.15, 0.2) is 18.2 Å². The van der Waals surface area contributed by atoms with Crippen molar-refractivity contribution in [1.82, 2.24) is 4.98 Å². The van der Waals surface area contributed by atoms with E-state index in [9.17, 15) is 0 Å². The molecule has 0 fully saturated rings. The van der Waals surface area contributed by atoms with E-state index in [1.165, 1.54) is 15.3 Å². The molecule has 0 unspecified atom stereocenters. The second kappa shape index (κ2) is 5.38. The highest BCUT2D eigenvalue weighted by Crippen LogP contribution is 2.22. The van der Waals surface area contributed by atoms with E-state index < -0.39 is 0 Å². The van der Waals surface area contributed by atoms with Gasteiger partial charge in [-0.3, -0.25) is 0 Å². The largest absolute Gasteiger partial charge is 0.365 e. The molecular formula is C13H12ClN3S. The molecule has 0 aliphatic carbocycles. The Morgan fingerprint density at radius 2 is 2.17 bits per heavy atom. The fourth-order valence-corrected chi connectivity index (χ4v) is 2.77. The molecule has 0 aliphatic rings. The Morgan fingerprint density at radius 3 is 2.78 bits per heavy atom. The lowest BCUT2D eigenvalue weighted by molar-refractivity contribution is 1.14. The average Bonchev–Trinajstić information content (AvgIpc) is 2.65. The Hall–Kier alpha value is -1.57. The number of hydrogen-bond donors (Lipinski definition) is 1. The molecular weight excluding hydrogens is 266 g/mol. The maximum absolute atomic E-state index is 8.85. The summed E-state index contributed by atoms with van der Waals surface area (Å²) in [5.74, 6) is 0.628. The summed E-state index contributed by atoms with van der Waals surface area (Å²) in [5, 5.41) is 12.4. The van der Waals surface area contributed by atoms with Crippen molar-refractivity contribution in [3.63, 3.8) is 0 Å². The Balaban J connectivity index is 2.11. The van der Waals surface area contributed by atoms with Crippen LogP contribution >= 0.6 is 22.9 Å². The van der Waals surface area contributed by atoms with Gasteiger partial charge in [-0.25, -0.2) is 4.98 Å². The van der Waals surface area contributed by atoms with Gasteiger partial charge in [0, 0.05) is 9.75 Å². The molecule has 18 heavy (non-hydrogen) atoms. The number of aromatic nitrogens is 1. The third-order valence-corrected chi connectivity index (χ3v) is 3.93. The lowest BCUT2D eigenvalue weighted by Crippen LogP contribution is -2.00. The van der Waals surface area contributed by atoms with Crippen molar-refractivity contribution in [2.45, 2.75) is 20.4 Å². The van der Waals surface area contributed by atoms with Crippen LogP contribution in [0, 0.1) is 25.2 Å². The van der Waals surface area contributed by atoms with E-state index in [-0.39, 0.29) is 0 Å². The smallest absolute Gasteiger partial charge is 0.132 e. The maximum atomic E-state index is 8.85. The average molecular weight is 278 g/mol. The number of halogens is 1. The normalized spacial score (nSPS) is 10.1.